The third-order valence-electron chi connectivity index (χ3n) is 3.35. The van der Waals surface area contributed by atoms with Gasteiger partial charge in [0.05, 0.1) is 11.3 Å². The van der Waals surface area contributed by atoms with Crippen LogP contribution in [0.5, 0.6) is 0 Å². The molecule has 0 unspecified atom stereocenters. The van der Waals surface area contributed by atoms with Crippen LogP contribution in [0.4, 0.5) is 5.00 Å². The molecule has 2 heterocycles. The van der Waals surface area contributed by atoms with Gasteiger partial charge in [-0.15, -0.1) is 0 Å². The Bertz CT molecular complexity index is 410. The summed E-state index contributed by atoms with van der Waals surface area (Å²) in [5, 5.41) is 4.28. The quantitative estimate of drug-likeness (QED) is 0.635. The first-order valence-corrected chi connectivity index (χ1v) is 7.39. The summed E-state index contributed by atoms with van der Waals surface area (Å²) >= 11 is 1.39. The van der Waals surface area contributed by atoms with Gasteiger partial charge in [-0.2, -0.15) is 4.37 Å². The van der Waals surface area contributed by atoms with Crippen molar-refractivity contribution in [1.29, 1.82) is 0 Å². The van der Waals surface area contributed by atoms with Crippen molar-refractivity contribution in [3.8, 4) is 0 Å². The summed E-state index contributed by atoms with van der Waals surface area (Å²) < 4.78 is 4.24. The lowest BCUT2D eigenvalue weighted by Crippen LogP contribution is -2.22. The van der Waals surface area contributed by atoms with Crippen LogP contribution in [0, 0.1) is 6.92 Å². The lowest BCUT2D eigenvalue weighted by atomic mass is 10.2. The number of rotatable bonds is 6. The fourth-order valence-electron chi connectivity index (χ4n) is 2.42. The molecule has 18 heavy (non-hydrogen) atoms. The van der Waals surface area contributed by atoms with E-state index in [9.17, 15) is 4.79 Å². The minimum atomic E-state index is 0.100. The van der Waals surface area contributed by atoms with Gasteiger partial charge in [0.25, 0.3) is 0 Å². The highest BCUT2D eigenvalue weighted by atomic mass is 32.1. The number of nitrogens with one attached hydrogen (secondary N) is 1. The SMILES string of the molecule is CC(=O)c1c(C)nsc1NCCCN1CCCC1. The van der Waals surface area contributed by atoms with Gasteiger partial charge in [-0.3, -0.25) is 4.79 Å². The van der Waals surface area contributed by atoms with Crippen LogP contribution in [-0.2, 0) is 0 Å². The summed E-state index contributed by atoms with van der Waals surface area (Å²) in [5.74, 6) is 0.100. The van der Waals surface area contributed by atoms with Gasteiger partial charge in [-0.05, 0) is 64.3 Å². The van der Waals surface area contributed by atoms with Gasteiger partial charge in [0.15, 0.2) is 5.78 Å². The van der Waals surface area contributed by atoms with E-state index < -0.39 is 0 Å². The van der Waals surface area contributed by atoms with Gasteiger partial charge < -0.3 is 10.2 Å². The Labute approximate surface area is 113 Å². The van der Waals surface area contributed by atoms with E-state index in [-0.39, 0.29) is 5.78 Å². The van der Waals surface area contributed by atoms with Crippen LogP contribution in [0.25, 0.3) is 0 Å². The normalized spacial score (nSPS) is 16.1. The number of carbonyl (C=O) groups is 1. The molecule has 1 aliphatic heterocycles. The Morgan fingerprint density at radius 1 is 1.44 bits per heavy atom. The van der Waals surface area contributed by atoms with E-state index in [1.807, 2.05) is 6.92 Å². The van der Waals surface area contributed by atoms with Gasteiger partial charge in [0.2, 0.25) is 0 Å². The number of carbonyl (C=O) groups excluding carboxylic acids is 1. The van der Waals surface area contributed by atoms with Crippen molar-refractivity contribution in [2.75, 3.05) is 31.5 Å². The Kier molecular flexibility index (Phi) is 4.72. The maximum atomic E-state index is 11.5. The first-order chi connectivity index (χ1) is 8.68. The first kappa shape index (κ1) is 13.5. The van der Waals surface area contributed by atoms with Crippen molar-refractivity contribution in [3.05, 3.63) is 11.3 Å². The zero-order chi connectivity index (χ0) is 13.0. The topological polar surface area (TPSA) is 45.2 Å². The zero-order valence-electron chi connectivity index (χ0n) is 11.2. The molecule has 1 aromatic heterocycles. The van der Waals surface area contributed by atoms with Gasteiger partial charge in [0, 0.05) is 6.54 Å². The van der Waals surface area contributed by atoms with Crippen molar-refractivity contribution in [2.24, 2.45) is 0 Å². The minimum Gasteiger partial charge on any atom is -0.375 e. The molecule has 0 atom stereocenters. The molecule has 0 amide bonds. The molecule has 1 aliphatic rings. The van der Waals surface area contributed by atoms with Crippen LogP contribution in [0.1, 0.15) is 42.2 Å². The third-order valence-corrected chi connectivity index (χ3v) is 4.25. The highest BCUT2D eigenvalue weighted by Crippen LogP contribution is 2.24. The molecule has 5 heteroatoms. The molecular formula is C13H21N3OS. The fraction of sp³-hybridized carbons (Fsp3) is 0.692. The third kappa shape index (κ3) is 3.29. The first-order valence-electron chi connectivity index (χ1n) is 6.62. The van der Waals surface area contributed by atoms with E-state index >= 15 is 0 Å². The van der Waals surface area contributed by atoms with Gasteiger partial charge in [-0.1, -0.05) is 0 Å². The predicted octanol–water partition coefficient (Wildman–Crippen LogP) is 2.55. The van der Waals surface area contributed by atoms with Crippen LogP contribution in [-0.4, -0.2) is 41.2 Å². The maximum absolute atomic E-state index is 11.5. The molecule has 0 aliphatic carbocycles. The van der Waals surface area contributed by atoms with Crippen molar-refractivity contribution < 1.29 is 4.79 Å². The number of hydrogen-bond acceptors (Lipinski definition) is 5. The van der Waals surface area contributed by atoms with E-state index in [1.165, 1.54) is 37.5 Å². The second-order valence-corrected chi connectivity index (χ2v) is 5.63. The Hall–Kier alpha value is -0.940. The van der Waals surface area contributed by atoms with Gasteiger partial charge in [0.1, 0.15) is 5.00 Å². The molecule has 0 saturated carbocycles. The zero-order valence-corrected chi connectivity index (χ0v) is 12.0. The number of aromatic nitrogens is 1. The van der Waals surface area contributed by atoms with E-state index in [0.717, 1.165) is 35.8 Å². The predicted molar refractivity (Wildman–Crippen MR) is 75.6 cm³/mol. The number of likely N-dealkylation sites (tertiary alicyclic amines) is 1. The second kappa shape index (κ2) is 6.29. The summed E-state index contributed by atoms with van der Waals surface area (Å²) in [6.07, 6.45) is 3.81. The van der Waals surface area contributed by atoms with E-state index in [4.69, 9.17) is 0 Å². The number of anilines is 1. The van der Waals surface area contributed by atoms with Gasteiger partial charge >= 0.3 is 0 Å². The monoisotopic (exact) mass is 267 g/mol. The molecule has 0 radical (unpaired) electrons. The summed E-state index contributed by atoms with van der Waals surface area (Å²) in [6.45, 7) is 8.06. The van der Waals surface area contributed by atoms with Crippen molar-refractivity contribution >= 4 is 22.3 Å². The lowest BCUT2D eigenvalue weighted by Gasteiger charge is -2.14. The van der Waals surface area contributed by atoms with Crippen molar-refractivity contribution in [2.45, 2.75) is 33.1 Å². The van der Waals surface area contributed by atoms with Crippen LogP contribution < -0.4 is 5.32 Å². The smallest absolute Gasteiger partial charge is 0.164 e. The van der Waals surface area contributed by atoms with Gasteiger partial charge in [-0.25, -0.2) is 0 Å². The number of ketones is 1. The Balaban J connectivity index is 1.77. The summed E-state index contributed by atoms with van der Waals surface area (Å²) in [5.41, 5.74) is 1.61. The molecule has 2 rings (SSSR count). The molecule has 1 aromatic rings. The highest BCUT2D eigenvalue weighted by molar-refractivity contribution is 7.10. The molecule has 1 fully saturated rings. The number of aryl methyl sites for hydroxylation is 1. The molecule has 0 bridgehead atoms. The summed E-state index contributed by atoms with van der Waals surface area (Å²) in [6, 6.07) is 0. The van der Waals surface area contributed by atoms with Crippen LogP contribution in [0.15, 0.2) is 0 Å². The largest absolute Gasteiger partial charge is 0.375 e. The van der Waals surface area contributed by atoms with Crippen molar-refractivity contribution in [3.63, 3.8) is 0 Å². The maximum Gasteiger partial charge on any atom is 0.164 e. The molecule has 1 saturated heterocycles. The molecular weight excluding hydrogens is 246 g/mol. The average Bonchev–Trinajstić information content (AvgIpc) is 2.94. The Morgan fingerprint density at radius 3 is 2.83 bits per heavy atom. The van der Waals surface area contributed by atoms with E-state index in [1.54, 1.807) is 6.92 Å². The standard InChI is InChI=1S/C13H21N3OS/c1-10-12(11(2)17)13(18-15-10)14-6-5-9-16-7-3-4-8-16/h14H,3-9H2,1-2H3. The molecule has 1 N–H and O–H groups in total. The van der Waals surface area contributed by atoms with Crippen LogP contribution in [0.2, 0.25) is 0 Å². The van der Waals surface area contributed by atoms with Crippen LogP contribution in [0.3, 0.4) is 0 Å². The van der Waals surface area contributed by atoms with Crippen LogP contribution >= 0.6 is 11.5 Å². The average molecular weight is 267 g/mol. The molecule has 0 spiro atoms. The van der Waals surface area contributed by atoms with E-state index in [2.05, 4.69) is 14.6 Å². The summed E-state index contributed by atoms with van der Waals surface area (Å²) in [7, 11) is 0. The second-order valence-electron chi connectivity index (χ2n) is 4.86. The Morgan fingerprint density at radius 2 is 2.17 bits per heavy atom. The fourth-order valence-corrected chi connectivity index (χ4v) is 3.28. The number of hydrogen-bond donors (Lipinski definition) is 1. The highest BCUT2D eigenvalue weighted by Gasteiger charge is 2.14. The van der Waals surface area contributed by atoms with Crippen molar-refractivity contribution in [1.82, 2.24) is 9.27 Å². The van der Waals surface area contributed by atoms with E-state index in [0.29, 0.717) is 0 Å². The lowest BCUT2D eigenvalue weighted by molar-refractivity contribution is 0.101. The molecule has 100 valence electrons. The summed E-state index contributed by atoms with van der Waals surface area (Å²) in [4.78, 5) is 14.0. The number of nitrogens with zero attached hydrogens (tertiary/aromatic N) is 2. The molecule has 0 aromatic carbocycles. The molecule has 4 nitrogen and oxygen atoms in total. The minimum absolute atomic E-state index is 0.100. The number of Topliss-reactive ketones (excluding diaryl/α,β-unsaturated/α-hetero) is 1.